The second-order valence-electron chi connectivity index (χ2n) is 3.94. The Kier molecular flexibility index (Phi) is 2.90. The van der Waals surface area contributed by atoms with Gasteiger partial charge < -0.3 is 5.73 Å². The molecule has 0 saturated carbocycles. The number of aromatic nitrogens is 3. The van der Waals surface area contributed by atoms with Gasteiger partial charge in [-0.3, -0.25) is 4.68 Å². The third-order valence-corrected chi connectivity index (χ3v) is 2.75. The van der Waals surface area contributed by atoms with E-state index < -0.39 is 0 Å². The number of anilines is 1. The number of aryl methyl sites for hydroxylation is 4. The lowest BCUT2D eigenvalue weighted by Gasteiger charge is -2.04. The Labute approximate surface area is 95.1 Å². The van der Waals surface area contributed by atoms with Gasteiger partial charge in [-0.05, 0) is 24.5 Å². The van der Waals surface area contributed by atoms with Crippen LogP contribution in [0.25, 0.3) is 0 Å². The molecule has 1 heterocycles. The van der Waals surface area contributed by atoms with E-state index in [4.69, 9.17) is 5.73 Å². The lowest BCUT2D eigenvalue weighted by Crippen LogP contribution is -2.02. The maximum Gasteiger partial charge on any atom is 0.239 e. The Hall–Kier alpha value is -1.84. The molecule has 0 aliphatic carbocycles. The molecule has 0 bridgehead atoms. The van der Waals surface area contributed by atoms with E-state index in [0.29, 0.717) is 5.95 Å². The molecule has 2 aromatic rings. The van der Waals surface area contributed by atoms with Crippen molar-refractivity contribution in [1.82, 2.24) is 14.8 Å². The van der Waals surface area contributed by atoms with Gasteiger partial charge in [0.2, 0.25) is 5.95 Å². The number of rotatable bonds is 3. The molecule has 2 rings (SSSR count). The molecule has 0 aliphatic rings. The van der Waals surface area contributed by atoms with Gasteiger partial charge in [0.1, 0.15) is 5.82 Å². The Balaban J connectivity index is 2.08. The minimum atomic E-state index is 0.349. The average molecular weight is 216 g/mol. The standard InChI is InChI=1S/C12H16N4/c1-9-5-3-4-6-10(9)7-8-11-14-12(13)15-16(11)2/h3-6H,7-8H2,1-2H3,(H2,13,15). The highest BCUT2D eigenvalue weighted by Crippen LogP contribution is 2.10. The third-order valence-electron chi connectivity index (χ3n) is 2.75. The number of nitrogens with zero attached hydrogens (tertiary/aromatic N) is 3. The van der Waals surface area contributed by atoms with Crippen LogP contribution in [-0.2, 0) is 19.9 Å². The van der Waals surface area contributed by atoms with Crippen molar-refractivity contribution in [3.8, 4) is 0 Å². The molecular formula is C12H16N4. The summed E-state index contributed by atoms with van der Waals surface area (Å²) in [5.41, 5.74) is 8.20. The summed E-state index contributed by atoms with van der Waals surface area (Å²) >= 11 is 0. The van der Waals surface area contributed by atoms with Crippen LogP contribution in [0.1, 0.15) is 17.0 Å². The zero-order valence-electron chi connectivity index (χ0n) is 9.64. The van der Waals surface area contributed by atoms with Crippen LogP contribution in [0, 0.1) is 6.92 Å². The van der Waals surface area contributed by atoms with Crippen LogP contribution in [-0.4, -0.2) is 14.8 Å². The summed E-state index contributed by atoms with van der Waals surface area (Å²) in [5.74, 6) is 1.28. The number of hydrogen-bond acceptors (Lipinski definition) is 3. The molecule has 0 saturated heterocycles. The zero-order valence-corrected chi connectivity index (χ0v) is 9.64. The maximum atomic E-state index is 5.54. The molecule has 16 heavy (non-hydrogen) atoms. The van der Waals surface area contributed by atoms with Crippen molar-refractivity contribution in [3.63, 3.8) is 0 Å². The van der Waals surface area contributed by atoms with E-state index >= 15 is 0 Å². The summed E-state index contributed by atoms with van der Waals surface area (Å²) in [7, 11) is 1.87. The van der Waals surface area contributed by atoms with Gasteiger partial charge in [0.15, 0.2) is 0 Å². The number of nitrogens with two attached hydrogens (primary N) is 1. The van der Waals surface area contributed by atoms with Crippen LogP contribution in [0.2, 0.25) is 0 Å². The van der Waals surface area contributed by atoms with Gasteiger partial charge in [-0.1, -0.05) is 24.3 Å². The molecule has 0 atom stereocenters. The summed E-state index contributed by atoms with van der Waals surface area (Å²) in [6.45, 7) is 2.13. The van der Waals surface area contributed by atoms with Crippen molar-refractivity contribution in [2.45, 2.75) is 19.8 Å². The fourth-order valence-corrected chi connectivity index (χ4v) is 1.79. The predicted molar refractivity (Wildman–Crippen MR) is 64.0 cm³/mol. The molecule has 0 spiro atoms. The van der Waals surface area contributed by atoms with Crippen LogP contribution in [0.15, 0.2) is 24.3 Å². The summed E-state index contributed by atoms with van der Waals surface area (Å²) < 4.78 is 1.74. The van der Waals surface area contributed by atoms with Gasteiger partial charge in [-0.25, -0.2) is 0 Å². The van der Waals surface area contributed by atoms with Gasteiger partial charge in [0.25, 0.3) is 0 Å². The normalized spacial score (nSPS) is 10.6. The quantitative estimate of drug-likeness (QED) is 0.845. The van der Waals surface area contributed by atoms with E-state index in [1.54, 1.807) is 4.68 Å². The number of hydrogen-bond donors (Lipinski definition) is 1. The summed E-state index contributed by atoms with van der Waals surface area (Å²) in [5, 5.41) is 4.03. The molecule has 4 nitrogen and oxygen atoms in total. The van der Waals surface area contributed by atoms with E-state index in [2.05, 4.69) is 41.3 Å². The average Bonchev–Trinajstić information content (AvgIpc) is 2.56. The molecule has 0 radical (unpaired) electrons. The van der Waals surface area contributed by atoms with E-state index in [0.717, 1.165) is 18.7 Å². The predicted octanol–water partition coefficient (Wildman–Crippen LogP) is 1.49. The fraction of sp³-hybridized carbons (Fsp3) is 0.333. The van der Waals surface area contributed by atoms with Crippen LogP contribution >= 0.6 is 0 Å². The van der Waals surface area contributed by atoms with Gasteiger partial charge in [0.05, 0.1) is 0 Å². The minimum absolute atomic E-state index is 0.349. The molecular weight excluding hydrogens is 200 g/mol. The Morgan fingerprint density at radius 3 is 2.62 bits per heavy atom. The monoisotopic (exact) mass is 216 g/mol. The third kappa shape index (κ3) is 2.21. The van der Waals surface area contributed by atoms with E-state index in [-0.39, 0.29) is 0 Å². The van der Waals surface area contributed by atoms with Crippen molar-refractivity contribution >= 4 is 5.95 Å². The highest BCUT2D eigenvalue weighted by molar-refractivity contribution is 5.26. The highest BCUT2D eigenvalue weighted by Gasteiger charge is 2.05. The zero-order chi connectivity index (χ0) is 11.5. The van der Waals surface area contributed by atoms with E-state index in [1.165, 1.54) is 11.1 Å². The first kappa shape index (κ1) is 10.7. The van der Waals surface area contributed by atoms with Crippen LogP contribution in [0.5, 0.6) is 0 Å². The fourth-order valence-electron chi connectivity index (χ4n) is 1.79. The summed E-state index contributed by atoms with van der Waals surface area (Å²) in [4.78, 5) is 4.18. The lowest BCUT2D eigenvalue weighted by atomic mass is 10.0. The molecule has 2 N–H and O–H groups in total. The van der Waals surface area contributed by atoms with Gasteiger partial charge >= 0.3 is 0 Å². The van der Waals surface area contributed by atoms with Gasteiger partial charge in [-0.15, -0.1) is 5.10 Å². The molecule has 0 aliphatic heterocycles. The second-order valence-corrected chi connectivity index (χ2v) is 3.94. The Morgan fingerprint density at radius 1 is 1.25 bits per heavy atom. The van der Waals surface area contributed by atoms with E-state index in [9.17, 15) is 0 Å². The smallest absolute Gasteiger partial charge is 0.239 e. The van der Waals surface area contributed by atoms with Crippen molar-refractivity contribution in [2.24, 2.45) is 7.05 Å². The molecule has 1 aromatic heterocycles. The molecule has 4 heteroatoms. The Bertz CT molecular complexity index is 488. The van der Waals surface area contributed by atoms with Crippen LogP contribution in [0.4, 0.5) is 5.95 Å². The maximum absolute atomic E-state index is 5.54. The molecule has 0 unspecified atom stereocenters. The van der Waals surface area contributed by atoms with Crippen LogP contribution < -0.4 is 5.73 Å². The first-order valence-corrected chi connectivity index (χ1v) is 5.36. The molecule has 0 amide bonds. The summed E-state index contributed by atoms with van der Waals surface area (Å²) in [6, 6.07) is 8.39. The Morgan fingerprint density at radius 2 is 2.00 bits per heavy atom. The first-order valence-electron chi connectivity index (χ1n) is 5.36. The van der Waals surface area contributed by atoms with E-state index in [1.807, 2.05) is 7.05 Å². The van der Waals surface area contributed by atoms with Crippen molar-refractivity contribution in [2.75, 3.05) is 5.73 Å². The molecule has 84 valence electrons. The number of nitrogen functional groups attached to an aromatic ring is 1. The van der Waals surface area contributed by atoms with Gasteiger partial charge in [-0.2, -0.15) is 4.98 Å². The highest BCUT2D eigenvalue weighted by atomic mass is 15.4. The summed E-state index contributed by atoms with van der Waals surface area (Å²) in [6.07, 6.45) is 1.84. The van der Waals surface area contributed by atoms with Gasteiger partial charge in [0, 0.05) is 13.5 Å². The van der Waals surface area contributed by atoms with Crippen molar-refractivity contribution < 1.29 is 0 Å². The molecule has 1 aromatic carbocycles. The largest absolute Gasteiger partial charge is 0.366 e. The lowest BCUT2D eigenvalue weighted by molar-refractivity contribution is 0.693. The molecule has 0 fully saturated rings. The van der Waals surface area contributed by atoms with Crippen molar-refractivity contribution in [1.29, 1.82) is 0 Å². The van der Waals surface area contributed by atoms with Crippen LogP contribution in [0.3, 0.4) is 0 Å². The SMILES string of the molecule is Cc1ccccc1CCc1nc(N)nn1C. The topological polar surface area (TPSA) is 56.7 Å². The number of benzene rings is 1. The minimum Gasteiger partial charge on any atom is -0.366 e. The second kappa shape index (κ2) is 4.35. The van der Waals surface area contributed by atoms with Crippen molar-refractivity contribution in [3.05, 3.63) is 41.2 Å². The first-order chi connectivity index (χ1) is 7.66.